The predicted molar refractivity (Wildman–Crippen MR) is 87.3 cm³/mol. The number of hydrogen-bond donors (Lipinski definition) is 0. The molecule has 0 saturated heterocycles. The first-order chi connectivity index (χ1) is 12.6. The molecule has 0 bridgehead atoms. The van der Waals surface area contributed by atoms with E-state index in [1.54, 1.807) is 37.3 Å². The van der Waals surface area contributed by atoms with Crippen molar-refractivity contribution in [3.63, 3.8) is 0 Å². The number of hydrogen-bond acceptors (Lipinski definition) is 8. The molecule has 0 fully saturated rings. The van der Waals surface area contributed by atoms with E-state index in [-0.39, 0.29) is 23.5 Å². The van der Waals surface area contributed by atoms with Crippen LogP contribution in [0.25, 0.3) is 0 Å². The Kier molecular flexibility index (Phi) is 6.99. The van der Waals surface area contributed by atoms with Crippen molar-refractivity contribution in [2.75, 3.05) is 13.4 Å². The summed E-state index contributed by atoms with van der Waals surface area (Å²) in [7, 11) is 0. The zero-order valence-corrected chi connectivity index (χ0v) is 13.9. The van der Waals surface area contributed by atoms with Crippen LogP contribution in [0.3, 0.4) is 0 Å². The lowest BCUT2D eigenvalue weighted by atomic mass is 10.2. The minimum atomic E-state index is -0.944. The fraction of sp³-hybridized carbons (Fsp3) is 0.167. The summed E-state index contributed by atoms with van der Waals surface area (Å²) in [6, 6.07) is 14.1. The van der Waals surface area contributed by atoms with Crippen LogP contribution in [0.5, 0.6) is 5.75 Å². The Morgan fingerprint density at radius 1 is 0.808 bits per heavy atom. The fourth-order valence-corrected chi connectivity index (χ4v) is 1.80. The molecule has 0 atom stereocenters. The molecular weight excluding hydrogens is 344 g/mol. The van der Waals surface area contributed by atoms with Crippen LogP contribution >= 0.6 is 0 Å². The van der Waals surface area contributed by atoms with Crippen molar-refractivity contribution in [3.8, 4) is 5.75 Å². The number of rotatable bonds is 6. The van der Waals surface area contributed by atoms with Gasteiger partial charge in [0.25, 0.3) is 0 Å². The third-order valence-electron chi connectivity index (χ3n) is 2.96. The van der Waals surface area contributed by atoms with Crippen LogP contribution in [-0.4, -0.2) is 31.5 Å². The minimum Gasteiger partial charge on any atom is -0.456 e. The Hall–Kier alpha value is -3.55. The molecule has 8 nitrogen and oxygen atoms in total. The van der Waals surface area contributed by atoms with E-state index in [9.17, 15) is 14.4 Å². The maximum absolute atomic E-state index is 12.1. The molecule has 136 valence electrons. The molecular formula is C18H16O8. The second kappa shape index (κ2) is 9.67. The summed E-state index contributed by atoms with van der Waals surface area (Å²) in [5.74, 6) is -1.68. The second-order valence-electron chi connectivity index (χ2n) is 4.69. The Labute approximate surface area is 149 Å². The van der Waals surface area contributed by atoms with E-state index >= 15 is 0 Å². The van der Waals surface area contributed by atoms with E-state index in [2.05, 4.69) is 19.2 Å². The Morgan fingerprint density at radius 3 is 2.19 bits per heavy atom. The molecule has 2 aromatic rings. The molecule has 0 aliphatic carbocycles. The van der Waals surface area contributed by atoms with Gasteiger partial charge < -0.3 is 14.2 Å². The summed E-state index contributed by atoms with van der Waals surface area (Å²) >= 11 is 0. The lowest BCUT2D eigenvalue weighted by molar-refractivity contribution is -0.187. The van der Waals surface area contributed by atoms with E-state index in [0.29, 0.717) is 0 Å². The first kappa shape index (κ1) is 18.8. The molecule has 8 heteroatoms. The summed E-state index contributed by atoms with van der Waals surface area (Å²) in [4.78, 5) is 44.0. The Morgan fingerprint density at radius 2 is 1.46 bits per heavy atom. The highest BCUT2D eigenvalue weighted by molar-refractivity contribution is 5.94. The normalized spacial score (nSPS) is 9.73. The average Bonchev–Trinajstić information content (AvgIpc) is 2.67. The van der Waals surface area contributed by atoms with Gasteiger partial charge in [0.05, 0.1) is 12.2 Å². The van der Waals surface area contributed by atoms with E-state index < -0.39 is 24.9 Å². The molecule has 2 aromatic carbocycles. The second-order valence-corrected chi connectivity index (χ2v) is 4.69. The number of carbonyl (C=O) groups excluding carboxylic acids is 3. The summed E-state index contributed by atoms with van der Waals surface area (Å²) in [5.41, 5.74) is 0.216. The van der Waals surface area contributed by atoms with Gasteiger partial charge in [0.2, 0.25) is 6.79 Å². The quantitative estimate of drug-likeness (QED) is 0.335. The number of ether oxygens (including phenoxy) is 3. The molecule has 0 heterocycles. The average molecular weight is 360 g/mol. The van der Waals surface area contributed by atoms with Crippen LogP contribution in [0.1, 0.15) is 27.6 Å². The summed E-state index contributed by atoms with van der Waals surface area (Å²) in [6.07, 6.45) is -0.899. The fourth-order valence-electron chi connectivity index (χ4n) is 1.80. The lowest BCUT2D eigenvalue weighted by Gasteiger charge is -2.10. The molecule has 0 amide bonds. The van der Waals surface area contributed by atoms with E-state index in [0.717, 1.165) is 0 Å². The molecule has 0 aromatic heterocycles. The third-order valence-corrected chi connectivity index (χ3v) is 2.96. The maximum atomic E-state index is 12.1. The van der Waals surface area contributed by atoms with Crippen LogP contribution in [-0.2, 0) is 19.2 Å². The van der Waals surface area contributed by atoms with Gasteiger partial charge in [0.15, 0.2) is 0 Å². The molecule has 0 N–H and O–H groups in total. The lowest BCUT2D eigenvalue weighted by Crippen LogP contribution is -2.15. The monoisotopic (exact) mass is 360 g/mol. The van der Waals surface area contributed by atoms with Crippen molar-refractivity contribution < 1.29 is 38.4 Å². The zero-order valence-electron chi connectivity index (χ0n) is 13.9. The van der Waals surface area contributed by atoms with Gasteiger partial charge >= 0.3 is 18.1 Å². The highest BCUT2D eigenvalue weighted by Gasteiger charge is 2.18. The number of para-hydroxylation sites is 1. The molecule has 26 heavy (non-hydrogen) atoms. The number of benzene rings is 2. The molecule has 2 rings (SSSR count). The molecule has 0 radical (unpaired) electrons. The van der Waals surface area contributed by atoms with Crippen molar-refractivity contribution >= 4 is 18.1 Å². The summed E-state index contributed by atoms with van der Waals surface area (Å²) in [5, 5.41) is 0. The summed E-state index contributed by atoms with van der Waals surface area (Å²) in [6.45, 7) is 1.33. The van der Waals surface area contributed by atoms with E-state index in [4.69, 9.17) is 4.74 Å². The number of carbonyl (C=O) groups is 3. The maximum Gasteiger partial charge on any atom is 0.511 e. The van der Waals surface area contributed by atoms with Crippen molar-refractivity contribution in [1.82, 2.24) is 0 Å². The van der Waals surface area contributed by atoms with Crippen molar-refractivity contribution in [3.05, 3.63) is 65.7 Å². The van der Waals surface area contributed by atoms with Gasteiger partial charge in [-0.3, -0.25) is 0 Å². The van der Waals surface area contributed by atoms with Gasteiger partial charge in [-0.1, -0.05) is 30.3 Å². The highest BCUT2D eigenvalue weighted by atomic mass is 17.2. The standard InChI is InChI=1S/C18H16O8/c1-2-22-18(21)24-12-23-15-11-7-6-10-14(15)17(20)26-25-16(19)13-8-4-3-5-9-13/h3-11H,2,12H2,1H3. The molecule has 0 unspecified atom stereocenters. The van der Waals surface area contributed by atoms with Gasteiger partial charge in [0.1, 0.15) is 11.3 Å². The first-order valence-electron chi connectivity index (χ1n) is 7.61. The van der Waals surface area contributed by atoms with Gasteiger partial charge in [-0.25, -0.2) is 24.2 Å². The molecule has 0 aliphatic heterocycles. The van der Waals surface area contributed by atoms with Gasteiger partial charge in [0, 0.05) is 0 Å². The van der Waals surface area contributed by atoms with E-state index in [1.165, 1.54) is 24.3 Å². The van der Waals surface area contributed by atoms with E-state index in [1.807, 2.05) is 0 Å². The van der Waals surface area contributed by atoms with Gasteiger partial charge in [-0.05, 0) is 31.2 Å². The third kappa shape index (κ3) is 5.52. The largest absolute Gasteiger partial charge is 0.511 e. The van der Waals surface area contributed by atoms with Crippen molar-refractivity contribution in [2.45, 2.75) is 6.92 Å². The van der Waals surface area contributed by atoms with Crippen LogP contribution in [0.2, 0.25) is 0 Å². The molecule has 0 spiro atoms. The first-order valence-corrected chi connectivity index (χ1v) is 7.61. The van der Waals surface area contributed by atoms with Crippen LogP contribution in [0.15, 0.2) is 54.6 Å². The minimum absolute atomic E-state index is 0.0131. The van der Waals surface area contributed by atoms with Crippen LogP contribution in [0.4, 0.5) is 4.79 Å². The van der Waals surface area contributed by atoms with Crippen molar-refractivity contribution in [1.29, 1.82) is 0 Å². The smallest absolute Gasteiger partial charge is 0.456 e. The van der Waals surface area contributed by atoms with Crippen molar-refractivity contribution in [2.24, 2.45) is 0 Å². The SMILES string of the molecule is CCOC(=O)OCOc1ccccc1C(=O)OOC(=O)c1ccccc1. The predicted octanol–water partition coefficient (Wildman–Crippen LogP) is 3.12. The van der Waals surface area contributed by atoms with Gasteiger partial charge in [-0.2, -0.15) is 0 Å². The summed E-state index contributed by atoms with van der Waals surface area (Å²) < 4.78 is 14.4. The topological polar surface area (TPSA) is 97.4 Å². The highest BCUT2D eigenvalue weighted by Crippen LogP contribution is 2.19. The van der Waals surface area contributed by atoms with Gasteiger partial charge in [-0.15, -0.1) is 0 Å². The van der Waals surface area contributed by atoms with Crippen LogP contribution in [0, 0.1) is 0 Å². The van der Waals surface area contributed by atoms with Crippen LogP contribution < -0.4 is 4.74 Å². The molecule has 0 aliphatic rings. The zero-order chi connectivity index (χ0) is 18.8. The molecule has 0 saturated carbocycles. The Bertz CT molecular complexity index is 757. The Balaban J connectivity index is 1.92.